The van der Waals surface area contributed by atoms with Gasteiger partial charge in [-0.2, -0.15) is 5.10 Å². The highest BCUT2D eigenvalue weighted by Crippen LogP contribution is 2.38. The van der Waals surface area contributed by atoms with E-state index in [-0.39, 0.29) is 10.8 Å². The molecule has 1 aliphatic carbocycles. The Morgan fingerprint density at radius 3 is 2.49 bits per heavy atom. The molecule has 35 heavy (non-hydrogen) atoms. The molecule has 0 unspecified atom stereocenters. The molecule has 1 aliphatic rings. The lowest BCUT2D eigenvalue weighted by Gasteiger charge is -2.12. The van der Waals surface area contributed by atoms with Gasteiger partial charge in [-0.1, -0.05) is 24.3 Å². The summed E-state index contributed by atoms with van der Waals surface area (Å²) in [5, 5.41) is 10.1. The summed E-state index contributed by atoms with van der Waals surface area (Å²) in [5.41, 5.74) is 4.12. The van der Waals surface area contributed by atoms with Crippen LogP contribution in [0.3, 0.4) is 0 Å². The molecule has 1 fully saturated rings. The SMILES string of the molecule is Cc1cccc(NS(=O)(=O)c2ccc(C(=O)Nc3cccc(-c4n[nH]c(C5CC5)n4)c3)cc2)c1C. The average molecular weight is 488 g/mol. The first-order chi connectivity index (χ1) is 16.8. The lowest BCUT2D eigenvalue weighted by molar-refractivity contribution is 0.102. The third-order valence-electron chi connectivity index (χ3n) is 6.12. The van der Waals surface area contributed by atoms with Gasteiger partial charge in [-0.15, -0.1) is 0 Å². The minimum Gasteiger partial charge on any atom is -0.322 e. The number of aromatic amines is 1. The van der Waals surface area contributed by atoms with Crippen LogP contribution in [0.15, 0.2) is 71.6 Å². The molecule has 4 aromatic rings. The Balaban J connectivity index is 1.29. The second-order valence-corrected chi connectivity index (χ2v) is 10.4. The number of aromatic nitrogens is 3. The van der Waals surface area contributed by atoms with E-state index < -0.39 is 10.0 Å². The van der Waals surface area contributed by atoms with Crippen LogP contribution in [0.5, 0.6) is 0 Å². The molecule has 0 radical (unpaired) electrons. The first-order valence-electron chi connectivity index (χ1n) is 11.3. The fraction of sp³-hybridized carbons (Fsp3) is 0.192. The number of hydrogen-bond donors (Lipinski definition) is 3. The van der Waals surface area contributed by atoms with Crippen LogP contribution >= 0.6 is 0 Å². The third-order valence-corrected chi connectivity index (χ3v) is 7.50. The number of amides is 1. The van der Waals surface area contributed by atoms with Gasteiger partial charge in [0.15, 0.2) is 5.82 Å². The second kappa shape index (κ2) is 8.99. The molecule has 9 heteroatoms. The summed E-state index contributed by atoms with van der Waals surface area (Å²) in [5.74, 6) is 1.62. The molecule has 3 N–H and O–H groups in total. The number of nitrogens with zero attached hydrogens (tertiary/aromatic N) is 2. The maximum atomic E-state index is 12.8. The van der Waals surface area contributed by atoms with Gasteiger partial charge in [0.2, 0.25) is 0 Å². The molecule has 1 amide bonds. The van der Waals surface area contributed by atoms with Crippen molar-refractivity contribution in [3.63, 3.8) is 0 Å². The van der Waals surface area contributed by atoms with E-state index >= 15 is 0 Å². The van der Waals surface area contributed by atoms with Gasteiger partial charge >= 0.3 is 0 Å². The van der Waals surface area contributed by atoms with Crippen LogP contribution in [0.2, 0.25) is 0 Å². The molecule has 178 valence electrons. The summed E-state index contributed by atoms with van der Waals surface area (Å²) in [4.78, 5) is 17.4. The number of aryl methyl sites for hydroxylation is 1. The number of H-pyrrole nitrogens is 1. The lowest BCUT2D eigenvalue weighted by Crippen LogP contribution is -2.15. The fourth-order valence-electron chi connectivity index (χ4n) is 3.73. The Kier molecular flexibility index (Phi) is 5.86. The quantitative estimate of drug-likeness (QED) is 0.338. The number of hydrogen-bond acceptors (Lipinski definition) is 5. The Morgan fingerprint density at radius 2 is 1.74 bits per heavy atom. The molecule has 1 heterocycles. The van der Waals surface area contributed by atoms with Crippen molar-refractivity contribution in [2.45, 2.75) is 37.5 Å². The summed E-state index contributed by atoms with van der Waals surface area (Å²) in [6.45, 7) is 3.79. The molecule has 8 nitrogen and oxygen atoms in total. The standard InChI is InChI=1S/C26H25N5O3S/c1-16-5-3-8-23(17(16)2)31-35(33,34)22-13-11-19(12-14-22)26(32)27-21-7-4-6-20(15-21)25-28-24(29-30-25)18-9-10-18/h3-8,11-15,18,31H,9-10H2,1-2H3,(H,27,32)(H,28,29,30). The number of benzene rings is 3. The minimum absolute atomic E-state index is 0.0769. The molecule has 1 aromatic heterocycles. The number of sulfonamides is 1. The first kappa shape index (κ1) is 22.8. The molecular formula is C26H25N5O3S. The largest absolute Gasteiger partial charge is 0.322 e. The van der Waals surface area contributed by atoms with Crippen LogP contribution < -0.4 is 10.0 Å². The number of rotatable bonds is 7. The fourth-order valence-corrected chi connectivity index (χ4v) is 4.86. The topological polar surface area (TPSA) is 117 Å². The Morgan fingerprint density at radius 1 is 1.00 bits per heavy atom. The molecular weight excluding hydrogens is 462 g/mol. The van der Waals surface area contributed by atoms with Gasteiger partial charge in [-0.3, -0.25) is 14.6 Å². The average Bonchev–Trinajstić information content (AvgIpc) is 3.58. The normalized spacial score (nSPS) is 13.4. The van der Waals surface area contributed by atoms with Gasteiger partial charge in [-0.05, 0) is 80.3 Å². The molecule has 3 aromatic carbocycles. The lowest BCUT2D eigenvalue weighted by atomic mass is 10.1. The minimum atomic E-state index is -3.79. The molecule has 1 saturated carbocycles. The molecule has 0 bridgehead atoms. The van der Waals surface area contributed by atoms with Crippen molar-refractivity contribution in [1.29, 1.82) is 0 Å². The van der Waals surface area contributed by atoms with Gasteiger partial charge in [0.05, 0.1) is 10.6 Å². The van der Waals surface area contributed by atoms with Crippen molar-refractivity contribution in [2.75, 3.05) is 10.0 Å². The van der Waals surface area contributed by atoms with Gasteiger partial charge in [0.1, 0.15) is 5.82 Å². The van der Waals surface area contributed by atoms with Gasteiger partial charge in [0.25, 0.3) is 15.9 Å². The van der Waals surface area contributed by atoms with Crippen LogP contribution in [-0.4, -0.2) is 29.5 Å². The number of nitrogens with one attached hydrogen (secondary N) is 3. The third kappa shape index (κ3) is 4.95. The zero-order chi connectivity index (χ0) is 24.6. The highest BCUT2D eigenvalue weighted by Gasteiger charge is 2.27. The van der Waals surface area contributed by atoms with E-state index in [1.807, 2.05) is 38.1 Å². The summed E-state index contributed by atoms with van der Waals surface area (Å²) < 4.78 is 28.3. The van der Waals surface area contributed by atoms with E-state index in [9.17, 15) is 13.2 Å². The Labute approximate surface area is 203 Å². The van der Waals surface area contributed by atoms with Gasteiger partial charge < -0.3 is 5.32 Å². The summed E-state index contributed by atoms with van der Waals surface area (Å²) in [6.07, 6.45) is 2.26. The van der Waals surface area contributed by atoms with Crippen molar-refractivity contribution < 1.29 is 13.2 Å². The number of anilines is 2. The zero-order valence-corrected chi connectivity index (χ0v) is 20.2. The van der Waals surface area contributed by atoms with Crippen LogP contribution in [0.25, 0.3) is 11.4 Å². The van der Waals surface area contributed by atoms with E-state index in [1.54, 1.807) is 18.2 Å². The second-order valence-electron chi connectivity index (χ2n) is 8.73. The summed E-state index contributed by atoms with van der Waals surface area (Å²) in [7, 11) is -3.79. The van der Waals surface area contributed by atoms with E-state index in [0.717, 1.165) is 35.4 Å². The van der Waals surface area contributed by atoms with E-state index in [2.05, 4.69) is 25.2 Å². The van der Waals surface area contributed by atoms with Crippen molar-refractivity contribution in [3.8, 4) is 11.4 Å². The predicted molar refractivity (Wildman–Crippen MR) is 135 cm³/mol. The maximum absolute atomic E-state index is 12.8. The summed E-state index contributed by atoms with van der Waals surface area (Å²) in [6, 6.07) is 18.6. The molecule has 0 atom stereocenters. The Hall–Kier alpha value is -3.98. The van der Waals surface area contributed by atoms with E-state index in [1.165, 1.54) is 24.3 Å². The molecule has 5 rings (SSSR count). The van der Waals surface area contributed by atoms with Gasteiger partial charge in [-0.25, -0.2) is 13.4 Å². The smallest absolute Gasteiger partial charge is 0.261 e. The van der Waals surface area contributed by atoms with Crippen molar-refractivity contribution >= 4 is 27.3 Å². The van der Waals surface area contributed by atoms with Crippen LogP contribution in [0.1, 0.15) is 46.1 Å². The van der Waals surface area contributed by atoms with E-state index in [0.29, 0.717) is 28.7 Å². The van der Waals surface area contributed by atoms with Crippen LogP contribution in [0, 0.1) is 13.8 Å². The Bertz CT molecular complexity index is 1510. The molecule has 0 spiro atoms. The zero-order valence-electron chi connectivity index (χ0n) is 19.4. The van der Waals surface area contributed by atoms with Crippen molar-refractivity contribution in [2.24, 2.45) is 0 Å². The van der Waals surface area contributed by atoms with Gasteiger partial charge in [0, 0.05) is 22.7 Å². The first-order valence-corrected chi connectivity index (χ1v) is 12.8. The van der Waals surface area contributed by atoms with Crippen molar-refractivity contribution in [3.05, 3.63) is 89.2 Å². The van der Waals surface area contributed by atoms with Crippen molar-refractivity contribution in [1.82, 2.24) is 15.2 Å². The monoisotopic (exact) mass is 487 g/mol. The highest BCUT2D eigenvalue weighted by molar-refractivity contribution is 7.92. The number of carbonyl (C=O) groups is 1. The maximum Gasteiger partial charge on any atom is 0.261 e. The van der Waals surface area contributed by atoms with E-state index in [4.69, 9.17) is 0 Å². The molecule has 0 aliphatic heterocycles. The molecule has 0 saturated heterocycles. The highest BCUT2D eigenvalue weighted by atomic mass is 32.2. The summed E-state index contributed by atoms with van der Waals surface area (Å²) >= 11 is 0. The van der Waals surface area contributed by atoms with Crippen LogP contribution in [-0.2, 0) is 10.0 Å². The number of carbonyl (C=O) groups excluding carboxylic acids is 1. The predicted octanol–water partition coefficient (Wildman–Crippen LogP) is 5.02. The van der Waals surface area contributed by atoms with Crippen LogP contribution in [0.4, 0.5) is 11.4 Å².